The molecule has 0 amide bonds. The Morgan fingerprint density at radius 3 is 1.93 bits per heavy atom. The number of hydrogen-bond acceptors (Lipinski definition) is 1. The minimum Gasteiger partial charge on any atom is -0.310 e. The van der Waals surface area contributed by atoms with E-state index in [4.69, 9.17) is 0 Å². The Balaban J connectivity index is 1.10. The summed E-state index contributed by atoms with van der Waals surface area (Å²) in [7, 11) is 0. The van der Waals surface area contributed by atoms with Crippen LogP contribution in [0.2, 0.25) is 0 Å². The molecular weight excluding hydrogens is 721 g/mol. The van der Waals surface area contributed by atoms with Crippen LogP contribution >= 0.6 is 11.3 Å². The molecule has 1 aliphatic rings. The first-order chi connectivity index (χ1) is 28.7. The molecule has 1 aliphatic carbocycles. The highest BCUT2D eigenvalue weighted by Gasteiger charge is 2.28. The van der Waals surface area contributed by atoms with E-state index in [0.717, 1.165) is 6.42 Å². The van der Waals surface area contributed by atoms with Crippen LogP contribution in [-0.4, -0.2) is 9.13 Å². The van der Waals surface area contributed by atoms with Gasteiger partial charge in [-0.05, 0) is 106 Å². The molecule has 2 nitrogen and oxygen atoms in total. The molecule has 0 N–H and O–H groups in total. The molecule has 3 heterocycles. The third-order valence-electron chi connectivity index (χ3n) is 12.3. The van der Waals surface area contributed by atoms with Gasteiger partial charge in [0, 0.05) is 53.3 Å². The van der Waals surface area contributed by atoms with Crippen molar-refractivity contribution >= 4 is 75.9 Å². The summed E-state index contributed by atoms with van der Waals surface area (Å²) in [6.07, 6.45) is 3.47. The minimum atomic E-state index is 0.338. The van der Waals surface area contributed by atoms with Crippen LogP contribution in [0.1, 0.15) is 36.1 Å². The van der Waals surface area contributed by atoms with Crippen molar-refractivity contribution in [2.45, 2.75) is 19.3 Å². The maximum absolute atomic E-state index is 2.55. The highest BCUT2D eigenvalue weighted by molar-refractivity contribution is 7.26. The largest absolute Gasteiger partial charge is 0.310 e. The summed E-state index contributed by atoms with van der Waals surface area (Å²) in [6, 6.07) is 69.3. The number of benzene rings is 8. The van der Waals surface area contributed by atoms with Gasteiger partial charge in [-0.2, -0.15) is 0 Å². The van der Waals surface area contributed by atoms with E-state index in [0.29, 0.717) is 5.92 Å². The van der Waals surface area contributed by atoms with Crippen LogP contribution in [0.5, 0.6) is 0 Å². The van der Waals surface area contributed by atoms with Gasteiger partial charge < -0.3 is 9.13 Å². The van der Waals surface area contributed by atoms with Crippen molar-refractivity contribution in [1.82, 2.24) is 9.13 Å². The van der Waals surface area contributed by atoms with E-state index in [2.05, 4.69) is 210 Å². The molecule has 12 rings (SSSR count). The molecule has 274 valence electrons. The Morgan fingerprint density at radius 1 is 0.448 bits per heavy atom. The summed E-state index contributed by atoms with van der Waals surface area (Å²) >= 11 is 1.90. The lowest BCUT2D eigenvalue weighted by Gasteiger charge is -2.23. The number of nitrogens with zero attached hydrogens (tertiary/aromatic N) is 2. The number of fused-ring (bicyclic) bond motifs is 9. The van der Waals surface area contributed by atoms with Crippen molar-refractivity contribution in [2.24, 2.45) is 0 Å². The molecule has 1 atom stereocenters. The van der Waals surface area contributed by atoms with E-state index >= 15 is 0 Å². The van der Waals surface area contributed by atoms with Gasteiger partial charge in [-0.1, -0.05) is 140 Å². The van der Waals surface area contributed by atoms with Crippen LogP contribution in [0.25, 0.3) is 98.2 Å². The Labute approximate surface area is 341 Å². The summed E-state index contributed by atoms with van der Waals surface area (Å²) < 4.78 is 7.62. The van der Waals surface area contributed by atoms with Gasteiger partial charge in [0.15, 0.2) is 0 Å². The minimum absolute atomic E-state index is 0.338. The van der Waals surface area contributed by atoms with E-state index in [1.54, 1.807) is 0 Å². The molecule has 0 spiro atoms. The molecule has 1 unspecified atom stereocenters. The average Bonchev–Trinajstić information content (AvgIpc) is 3.94. The van der Waals surface area contributed by atoms with Crippen molar-refractivity contribution in [3.05, 3.63) is 205 Å². The summed E-state index contributed by atoms with van der Waals surface area (Å²) in [6.45, 7) is 2.41. The van der Waals surface area contributed by atoms with Gasteiger partial charge in [0.1, 0.15) is 0 Å². The van der Waals surface area contributed by atoms with Crippen LogP contribution in [0.3, 0.4) is 0 Å². The van der Waals surface area contributed by atoms with Crippen LogP contribution in [0, 0.1) is 0 Å². The normalized spacial score (nSPS) is 14.2. The highest BCUT2D eigenvalue weighted by atomic mass is 32.1. The first-order valence-electron chi connectivity index (χ1n) is 20.2. The molecule has 0 saturated carbocycles. The maximum atomic E-state index is 2.55. The van der Waals surface area contributed by atoms with Gasteiger partial charge in [0.05, 0.1) is 22.2 Å². The van der Waals surface area contributed by atoms with Crippen LogP contribution in [0.4, 0.5) is 0 Å². The fourth-order valence-electron chi connectivity index (χ4n) is 9.76. The van der Waals surface area contributed by atoms with Gasteiger partial charge in [-0.25, -0.2) is 0 Å². The van der Waals surface area contributed by atoms with Gasteiger partial charge in [0.25, 0.3) is 0 Å². The molecule has 3 aromatic heterocycles. The Morgan fingerprint density at radius 2 is 1.10 bits per heavy atom. The smallest absolute Gasteiger partial charge is 0.0547 e. The predicted molar refractivity (Wildman–Crippen MR) is 249 cm³/mol. The predicted octanol–water partition coefficient (Wildman–Crippen LogP) is 15.5. The first-order valence-corrected chi connectivity index (χ1v) is 21.0. The fourth-order valence-corrected chi connectivity index (χ4v) is 11.0. The molecule has 3 heteroatoms. The topological polar surface area (TPSA) is 9.86 Å². The number of rotatable bonds is 5. The maximum Gasteiger partial charge on any atom is 0.0547 e. The van der Waals surface area contributed by atoms with Crippen LogP contribution in [-0.2, 0) is 0 Å². The molecular formula is C55H38N2S. The van der Waals surface area contributed by atoms with Crippen LogP contribution < -0.4 is 0 Å². The summed E-state index contributed by atoms with van der Waals surface area (Å²) in [5.41, 5.74) is 16.4. The van der Waals surface area contributed by atoms with Crippen molar-refractivity contribution in [3.8, 4) is 33.6 Å². The van der Waals surface area contributed by atoms with E-state index in [1.165, 1.54) is 109 Å². The third-order valence-corrected chi connectivity index (χ3v) is 13.6. The molecule has 0 fully saturated rings. The van der Waals surface area contributed by atoms with Crippen molar-refractivity contribution in [1.29, 1.82) is 0 Å². The standard InChI is InChI=1S/C55H38N2S/c1-35-29-40(38-27-28-44-43-21-8-11-24-49(43)56(51(44)31-38)41-19-6-3-7-20-41)32-52-54(35)46-23-9-12-25-50(46)57(52)42-33-47(55-48(34-42)45-22-10-13-26-53(45)58-55)39-18-14-17-37(30-39)36-15-4-2-5-16-36/h2-28,30-35H,29H2,1H3. The molecule has 11 aromatic rings. The second kappa shape index (κ2) is 13.1. The lowest BCUT2D eigenvalue weighted by molar-refractivity contribution is 0.784. The van der Waals surface area contributed by atoms with Gasteiger partial charge in [-0.15, -0.1) is 11.3 Å². The summed E-state index contributed by atoms with van der Waals surface area (Å²) in [5, 5.41) is 6.51. The van der Waals surface area contributed by atoms with Gasteiger partial charge >= 0.3 is 0 Å². The van der Waals surface area contributed by atoms with E-state index < -0.39 is 0 Å². The van der Waals surface area contributed by atoms with E-state index in [1.807, 2.05) is 11.3 Å². The molecule has 58 heavy (non-hydrogen) atoms. The summed E-state index contributed by atoms with van der Waals surface area (Å²) in [4.78, 5) is 0. The molecule has 0 saturated heterocycles. The van der Waals surface area contributed by atoms with Crippen molar-refractivity contribution in [3.63, 3.8) is 0 Å². The zero-order chi connectivity index (χ0) is 38.3. The zero-order valence-corrected chi connectivity index (χ0v) is 32.9. The second-order valence-electron chi connectivity index (χ2n) is 15.8. The Hall–Kier alpha value is -6.94. The van der Waals surface area contributed by atoms with E-state index in [-0.39, 0.29) is 0 Å². The number of allylic oxidation sites excluding steroid dienone is 1. The SMILES string of the molecule is CC1CC(c2ccc3c4ccccc4n(-c4ccccc4)c3c2)=Cc2c1c1ccccc1n2-c1cc(-c2cccc(-c3ccccc3)c2)c2sc3ccccc3c2c1. The number of para-hydroxylation sites is 3. The average molecular weight is 759 g/mol. The highest BCUT2D eigenvalue weighted by Crippen LogP contribution is 2.48. The second-order valence-corrected chi connectivity index (χ2v) is 16.8. The molecule has 0 radical (unpaired) electrons. The van der Waals surface area contributed by atoms with Crippen molar-refractivity contribution < 1.29 is 0 Å². The quantitative estimate of drug-likeness (QED) is 0.165. The first kappa shape index (κ1) is 33.2. The summed E-state index contributed by atoms with van der Waals surface area (Å²) in [5.74, 6) is 0.338. The zero-order valence-electron chi connectivity index (χ0n) is 32.1. The fraction of sp³-hybridized carbons (Fsp3) is 0.0545. The monoisotopic (exact) mass is 758 g/mol. The molecule has 8 aromatic carbocycles. The number of thiophene rings is 1. The van der Waals surface area contributed by atoms with Crippen molar-refractivity contribution in [2.75, 3.05) is 0 Å². The molecule has 0 aliphatic heterocycles. The van der Waals surface area contributed by atoms with Crippen LogP contribution in [0.15, 0.2) is 188 Å². The molecule has 0 bridgehead atoms. The lowest BCUT2D eigenvalue weighted by atomic mass is 9.83. The van der Waals surface area contributed by atoms with E-state index in [9.17, 15) is 0 Å². The number of hydrogen-bond donors (Lipinski definition) is 0. The Bertz CT molecular complexity index is 3430. The third kappa shape index (κ3) is 5.10. The lowest BCUT2D eigenvalue weighted by Crippen LogP contribution is -2.06. The number of aromatic nitrogens is 2. The Kier molecular flexibility index (Phi) is 7.48. The van der Waals surface area contributed by atoms with Gasteiger partial charge in [-0.3, -0.25) is 0 Å². The van der Waals surface area contributed by atoms with Gasteiger partial charge in [0.2, 0.25) is 0 Å².